The molecule has 0 aliphatic rings. The van der Waals surface area contributed by atoms with E-state index in [2.05, 4.69) is 54.3 Å². The maximum Gasteiger partial charge on any atom is 0.337 e. The summed E-state index contributed by atoms with van der Waals surface area (Å²) in [6.45, 7) is 0. The zero-order valence-electron chi connectivity index (χ0n) is 22.0. The summed E-state index contributed by atoms with van der Waals surface area (Å²) in [6, 6.07) is 43.9. The third-order valence-electron chi connectivity index (χ3n) is 6.76. The van der Waals surface area contributed by atoms with Crippen molar-refractivity contribution in [2.24, 2.45) is 0 Å². The molecular weight excluding hydrogens is 566 g/mol. The molecule has 40 heavy (non-hydrogen) atoms. The quantitative estimate of drug-likeness (QED) is 0.142. The van der Waals surface area contributed by atoms with Crippen molar-refractivity contribution >= 4 is 68.2 Å². The van der Waals surface area contributed by atoms with Crippen molar-refractivity contribution in [3.63, 3.8) is 0 Å². The van der Waals surface area contributed by atoms with Gasteiger partial charge in [-0.3, -0.25) is 0 Å². The Kier molecular flexibility index (Phi) is 8.74. The lowest BCUT2D eigenvalue weighted by Crippen LogP contribution is -2.19. The van der Waals surface area contributed by atoms with Gasteiger partial charge in [0.05, 0.1) is 12.7 Å². The fourth-order valence-corrected chi connectivity index (χ4v) is 13.5. The molecule has 0 fully saturated rings. The molecule has 0 spiro atoms. The number of methoxy groups -OCH3 is 1. The number of hydrogen-bond donors (Lipinski definition) is 0. The second kappa shape index (κ2) is 12.4. The Labute approximate surface area is 246 Å². The van der Waals surface area contributed by atoms with Gasteiger partial charge in [0, 0.05) is 17.4 Å². The Balaban J connectivity index is 1.87. The lowest BCUT2D eigenvalue weighted by molar-refractivity contribution is 0.0600. The summed E-state index contributed by atoms with van der Waals surface area (Å²) in [6.07, 6.45) is 0. The molecule has 0 heterocycles. The monoisotopic (exact) mass is 594 g/mol. The van der Waals surface area contributed by atoms with E-state index in [-0.39, 0.29) is 5.97 Å². The zero-order chi connectivity index (χ0) is 28.0. The van der Waals surface area contributed by atoms with E-state index in [1.807, 2.05) is 84.9 Å². The largest absolute Gasteiger partial charge is 0.465 e. The van der Waals surface area contributed by atoms with Crippen LogP contribution in [0.15, 0.2) is 151 Å². The average molecular weight is 595 g/mol. The Morgan fingerprint density at radius 3 is 1.27 bits per heavy atom. The van der Waals surface area contributed by atoms with Gasteiger partial charge >= 0.3 is 5.97 Å². The van der Waals surface area contributed by atoms with Crippen LogP contribution in [0.5, 0.6) is 0 Å². The molecule has 0 unspecified atom stereocenters. The van der Waals surface area contributed by atoms with E-state index >= 15 is 0 Å². The molecule has 0 aromatic heterocycles. The van der Waals surface area contributed by atoms with Gasteiger partial charge in [-0.05, 0) is 44.7 Å². The predicted molar refractivity (Wildman–Crippen MR) is 179 cm³/mol. The summed E-state index contributed by atoms with van der Waals surface area (Å²) in [4.78, 5) is 12.3. The lowest BCUT2D eigenvalue weighted by atomic mass is 10.1. The first-order valence-corrected chi connectivity index (χ1v) is 18.5. The minimum Gasteiger partial charge on any atom is -0.465 e. The van der Waals surface area contributed by atoms with Crippen molar-refractivity contribution in [3.8, 4) is 0 Å². The van der Waals surface area contributed by atoms with Gasteiger partial charge in [0.25, 0.3) is 0 Å². The van der Waals surface area contributed by atoms with E-state index < -0.39 is 12.1 Å². The van der Waals surface area contributed by atoms with Crippen molar-refractivity contribution in [2.75, 3.05) is 7.11 Å². The van der Waals surface area contributed by atoms with Gasteiger partial charge in [0.1, 0.15) is 0 Å². The van der Waals surface area contributed by atoms with Crippen LogP contribution in [0.1, 0.15) is 15.9 Å². The van der Waals surface area contributed by atoms with Crippen LogP contribution in [0.4, 0.5) is 0 Å². The standard InChI is InChI=1S/C34H28O2P2S2/c1-36-34(35)28-24-22-27(23-25-28)33(38(40,31-18-10-4-11-19-31)32-20-12-5-13-21-32)26-37(39,29-14-6-2-7-15-29)30-16-8-3-9-17-30/h2-26H,1H3/b33-26+. The van der Waals surface area contributed by atoms with Crippen LogP contribution in [-0.4, -0.2) is 13.1 Å². The Morgan fingerprint density at radius 2 is 0.900 bits per heavy atom. The van der Waals surface area contributed by atoms with Crippen molar-refractivity contribution in [3.05, 3.63) is 163 Å². The molecule has 0 aliphatic carbocycles. The second-order valence-electron chi connectivity index (χ2n) is 9.19. The molecule has 5 aromatic carbocycles. The van der Waals surface area contributed by atoms with E-state index in [1.165, 1.54) is 7.11 Å². The molecule has 0 saturated heterocycles. The minimum atomic E-state index is -2.60. The molecule has 0 bridgehead atoms. The molecule has 0 amide bonds. The maximum absolute atomic E-state index is 12.3. The highest BCUT2D eigenvalue weighted by molar-refractivity contribution is 8.28. The van der Waals surface area contributed by atoms with Crippen LogP contribution >= 0.6 is 12.1 Å². The number of hydrogen-bond acceptors (Lipinski definition) is 4. The van der Waals surface area contributed by atoms with Gasteiger partial charge in [0.15, 0.2) is 0 Å². The van der Waals surface area contributed by atoms with Crippen LogP contribution in [0.3, 0.4) is 0 Å². The van der Waals surface area contributed by atoms with Gasteiger partial charge < -0.3 is 4.74 Å². The number of carbonyl (C=O) groups is 1. The highest BCUT2D eigenvalue weighted by Crippen LogP contribution is 2.61. The van der Waals surface area contributed by atoms with Gasteiger partial charge in [-0.1, -0.05) is 157 Å². The van der Waals surface area contributed by atoms with Crippen molar-refractivity contribution in [1.82, 2.24) is 0 Å². The van der Waals surface area contributed by atoms with E-state index in [9.17, 15) is 4.79 Å². The van der Waals surface area contributed by atoms with Crippen LogP contribution in [0, 0.1) is 0 Å². The molecule has 0 saturated carbocycles. The van der Waals surface area contributed by atoms with Crippen molar-refractivity contribution in [1.29, 1.82) is 0 Å². The van der Waals surface area contributed by atoms with Crippen LogP contribution in [0.2, 0.25) is 0 Å². The smallest absolute Gasteiger partial charge is 0.337 e. The number of carbonyl (C=O) groups excluding carboxylic acids is 1. The first kappa shape index (κ1) is 28.1. The van der Waals surface area contributed by atoms with Crippen molar-refractivity contribution < 1.29 is 9.53 Å². The molecular formula is C34H28O2P2S2. The SMILES string of the molecule is COC(=O)c1ccc(/C(=C\P(=S)(c2ccccc2)c2ccccc2)P(=S)(c2ccccc2)c2ccccc2)cc1. The summed E-state index contributed by atoms with van der Waals surface area (Å²) in [5, 5.41) is 5.39. The molecule has 5 aromatic rings. The predicted octanol–water partition coefficient (Wildman–Crippen LogP) is 7.03. The summed E-state index contributed by atoms with van der Waals surface area (Å²) >= 11 is 13.5. The molecule has 2 nitrogen and oxygen atoms in total. The number of ether oxygens (including phenoxy) is 1. The molecule has 5 rings (SSSR count). The maximum atomic E-state index is 12.3. The first-order valence-electron chi connectivity index (χ1n) is 12.8. The third-order valence-corrected chi connectivity index (χ3v) is 16.3. The Bertz CT molecular complexity index is 1630. The molecule has 0 radical (unpaired) electrons. The molecule has 0 N–H and O–H groups in total. The highest BCUT2D eigenvalue weighted by Gasteiger charge is 2.31. The molecule has 0 aliphatic heterocycles. The summed E-state index contributed by atoms with van der Waals surface area (Å²) in [5.74, 6) is 1.92. The molecule has 198 valence electrons. The van der Waals surface area contributed by atoms with Gasteiger partial charge in [-0.2, -0.15) is 0 Å². The highest BCUT2D eigenvalue weighted by atomic mass is 32.4. The van der Waals surface area contributed by atoms with Gasteiger partial charge in [0.2, 0.25) is 0 Å². The number of esters is 1. The zero-order valence-corrected chi connectivity index (χ0v) is 25.4. The van der Waals surface area contributed by atoms with Crippen LogP contribution < -0.4 is 21.2 Å². The van der Waals surface area contributed by atoms with Crippen LogP contribution in [-0.2, 0) is 28.4 Å². The minimum absolute atomic E-state index is 0.374. The summed E-state index contributed by atoms with van der Waals surface area (Å²) in [5.41, 5.74) is 1.44. The average Bonchev–Trinajstić information content (AvgIpc) is 3.04. The summed E-state index contributed by atoms with van der Waals surface area (Å²) in [7, 11) is 1.39. The van der Waals surface area contributed by atoms with Gasteiger partial charge in [-0.25, -0.2) is 4.79 Å². The fraction of sp³-hybridized carbons (Fsp3) is 0.0294. The number of benzene rings is 5. The van der Waals surface area contributed by atoms with Crippen molar-refractivity contribution in [2.45, 2.75) is 0 Å². The second-order valence-corrected chi connectivity index (χ2v) is 17.9. The van der Waals surface area contributed by atoms with E-state index in [1.54, 1.807) is 12.1 Å². The normalized spacial score (nSPS) is 12.1. The topological polar surface area (TPSA) is 26.3 Å². The first-order chi connectivity index (χ1) is 19.5. The molecule has 6 heteroatoms. The van der Waals surface area contributed by atoms with E-state index in [0.717, 1.165) is 32.1 Å². The molecule has 0 atom stereocenters. The third kappa shape index (κ3) is 5.59. The Hall–Kier alpha value is -3.39. The summed E-state index contributed by atoms with van der Waals surface area (Å²) < 4.78 is 4.96. The van der Waals surface area contributed by atoms with Gasteiger partial charge in [-0.15, -0.1) is 0 Å². The van der Waals surface area contributed by atoms with Crippen LogP contribution in [0.25, 0.3) is 5.31 Å². The number of rotatable bonds is 8. The fourth-order valence-electron chi connectivity index (χ4n) is 4.70. The van der Waals surface area contributed by atoms with E-state index in [0.29, 0.717) is 5.56 Å². The lowest BCUT2D eigenvalue weighted by Gasteiger charge is -2.30. The van der Waals surface area contributed by atoms with E-state index in [4.69, 9.17) is 28.4 Å². The Morgan fingerprint density at radius 1 is 0.550 bits per heavy atom.